The van der Waals surface area contributed by atoms with Crippen molar-refractivity contribution in [3.8, 4) is 5.75 Å². The van der Waals surface area contributed by atoms with Crippen LogP contribution in [0.5, 0.6) is 5.75 Å². The number of ether oxygens (including phenoxy) is 1. The molecular weight excluding hydrogens is 246 g/mol. The first-order valence-corrected chi connectivity index (χ1v) is 8.12. The molecule has 1 aromatic carbocycles. The van der Waals surface area contributed by atoms with Gasteiger partial charge in [0, 0.05) is 18.0 Å². The Morgan fingerprint density at radius 2 is 2.15 bits per heavy atom. The average molecular weight is 273 g/mol. The lowest BCUT2D eigenvalue weighted by atomic mass is 9.74. The van der Waals surface area contributed by atoms with Gasteiger partial charge in [-0.15, -0.1) is 0 Å². The lowest BCUT2D eigenvalue weighted by Crippen LogP contribution is -2.44. The number of hydrogen-bond acceptors (Lipinski definition) is 2. The minimum atomic E-state index is 0.000180. The molecule has 1 fully saturated rings. The van der Waals surface area contributed by atoms with E-state index in [1.807, 2.05) is 0 Å². The van der Waals surface area contributed by atoms with Crippen LogP contribution in [0.25, 0.3) is 0 Å². The van der Waals surface area contributed by atoms with Gasteiger partial charge < -0.3 is 10.1 Å². The van der Waals surface area contributed by atoms with Gasteiger partial charge in [0.05, 0.1) is 0 Å². The van der Waals surface area contributed by atoms with Crippen molar-refractivity contribution in [2.24, 2.45) is 5.92 Å². The molecule has 1 aliphatic heterocycles. The summed E-state index contributed by atoms with van der Waals surface area (Å²) in [6.07, 6.45) is 6.50. The molecule has 1 saturated carbocycles. The van der Waals surface area contributed by atoms with E-state index in [0.29, 0.717) is 6.04 Å². The molecule has 20 heavy (non-hydrogen) atoms. The first-order valence-electron chi connectivity index (χ1n) is 8.12. The summed E-state index contributed by atoms with van der Waals surface area (Å²) in [6, 6.07) is 7.05. The molecule has 0 saturated heterocycles. The molecule has 2 unspecified atom stereocenters. The van der Waals surface area contributed by atoms with Gasteiger partial charge in [-0.1, -0.05) is 43.9 Å². The third-order valence-electron chi connectivity index (χ3n) is 4.93. The first-order chi connectivity index (χ1) is 9.59. The van der Waals surface area contributed by atoms with E-state index in [4.69, 9.17) is 4.74 Å². The van der Waals surface area contributed by atoms with Gasteiger partial charge in [0.2, 0.25) is 0 Å². The van der Waals surface area contributed by atoms with Crippen molar-refractivity contribution in [2.75, 3.05) is 6.54 Å². The largest absolute Gasteiger partial charge is 0.487 e. The zero-order chi connectivity index (χ0) is 14.2. The Kier molecular flexibility index (Phi) is 3.76. The van der Waals surface area contributed by atoms with Crippen LogP contribution in [0.2, 0.25) is 0 Å². The summed E-state index contributed by atoms with van der Waals surface area (Å²) in [7, 11) is 0. The van der Waals surface area contributed by atoms with E-state index in [9.17, 15) is 0 Å². The van der Waals surface area contributed by atoms with Gasteiger partial charge in [-0.3, -0.25) is 0 Å². The number of nitrogens with one attached hydrogen (secondary N) is 1. The number of benzene rings is 1. The Labute approximate surface area is 122 Å². The zero-order valence-corrected chi connectivity index (χ0v) is 13.0. The smallest absolute Gasteiger partial charge is 0.124 e. The van der Waals surface area contributed by atoms with Crippen LogP contribution in [-0.2, 0) is 0 Å². The molecule has 2 heteroatoms. The highest BCUT2D eigenvalue weighted by Gasteiger charge is 2.39. The molecule has 3 rings (SSSR count). The van der Waals surface area contributed by atoms with Gasteiger partial charge in [0.1, 0.15) is 11.4 Å². The predicted octanol–water partition coefficient (Wildman–Crippen LogP) is 4.38. The monoisotopic (exact) mass is 273 g/mol. The summed E-state index contributed by atoms with van der Waals surface area (Å²) >= 11 is 0. The second-order valence-corrected chi connectivity index (χ2v) is 6.91. The second kappa shape index (κ2) is 5.40. The van der Waals surface area contributed by atoms with Crippen molar-refractivity contribution in [1.82, 2.24) is 5.32 Å². The van der Waals surface area contributed by atoms with E-state index >= 15 is 0 Å². The van der Waals surface area contributed by atoms with Crippen molar-refractivity contribution >= 4 is 0 Å². The van der Waals surface area contributed by atoms with E-state index in [1.54, 1.807) is 0 Å². The van der Waals surface area contributed by atoms with Crippen molar-refractivity contribution < 1.29 is 4.74 Å². The zero-order valence-electron chi connectivity index (χ0n) is 13.0. The van der Waals surface area contributed by atoms with Crippen LogP contribution >= 0.6 is 0 Å². The fraction of sp³-hybridized carbons (Fsp3) is 0.667. The van der Waals surface area contributed by atoms with Crippen LogP contribution in [0.1, 0.15) is 63.1 Å². The molecule has 1 aromatic rings. The summed E-state index contributed by atoms with van der Waals surface area (Å²) in [6.45, 7) is 7.66. The number of aryl methyl sites for hydroxylation is 1. The molecule has 1 N–H and O–H groups in total. The number of fused-ring (bicyclic) bond motifs is 1. The fourth-order valence-electron chi connectivity index (χ4n) is 3.74. The molecule has 110 valence electrons. The molecule has 0 radical (unpaired) electrons. The average Bonchev–Trinajstić information content (AvgIpc) is 2.36. The molecular formula is C18H27NO. The van der Waals surface area contributed by atoms with Gasteiger partial charge in [0.25, 0.3) is 0 Å². The van der Waals surface area contributed by atoms with Gasteiger partial charge in [-0.2, -0.15) is 0 Å². The Balaban J connectivity index is 1.85. The lowest BCUT2D eigenvalue weighted by molar-refractivity contribution is 0.0127. The normalized spacial score (nSPS) is 29.4. The van der Waals surface area contributed by atoms with E-state index in [2.05, 4.69) is 44.3 Å². The molecule has 0 aromatic heterocycles. The van der Waals surface area contributed by atoms with Crippen LogP contribution in [0, 0.1) is 12.8 Å². The molecule has 2 nitrogen and oxygen atoms in total. The maximum absolute atomic E-state index is 6.42. The van der Waals surface area contributed by atoms with Gasteiger partial charge in [-0.25, -0.2) is 0 Å². The minimum absolute atomic E-state index is 0.000180. The molecule has 2 aliphatic rings. The summed E-state index contributed by atoms with van der Waals surface area (Å²) in [5, 5.41) is 3.65. The fourth-order valence-corrected chi connectivity index (χ4v) is 3.74. The van der Waals surface area contributed by atoms with Crippen molar-refractivity contribution in [3.05, 3.63) is 29.3 Å². The van der Waals surface area contributed by atoms with E-state index in [0.717, 1.165) is 24.6 Å². The SMILES string of the molecule is CCNC1CC(C)(CC2CCC2)Oc2ccc(C)cc21. The predicted molar refractivity (Wildman–Crippen MR) is 83.2 cm³/mol. The quantitative estimate of drug-likeness (QED) is 0.879. The van der Waals surface area contributed by atoms with Gasteiger partial charge >= 0.3 is 0 Å². The third kappa shape index (κ3) is 2.71. The van der Waals surface area contributed by atoms with Crippen molar-refractivity contribution in [1.29, 1.82) is 0 Å². The second-order valence-electron chi connectivity index (χ2n) is 6.91. The molecule has 1 heterocycles. The van der Waals surface area contributed by atoms with Gasteiger partial charge in [0.15, 0.2) is 0 Å². The molecule has 0 bridgehead atoms. The molecule has 1 aliphatic carbocycles. The standard InChI is InChI=1S/C18H27NO/c1-4-19-16-12-18(3,11-14-6-5-7-14)20-17-9-8-13(2)10-15(16)17/h8-10,14,16,19H,4-7,11-12H2,1-3H3. The highest BCUT2D eigenvalue weighted by atomic mass is 16.5. The topological polar surface area (TPSA) is 21.3 Å². The Morgan fingerprint density at radius 3 is 2.80 bits per heavy atom. The Hall–Kier alpha value is -1.02. The van der Waals surface area contributed by atoms with E-state index in [1.165, 1.54) is 36.8 Å². The summed E-state index contributed by atoms with van der Waals surface area (Å²) in [4.78, 5) is 0. The van der Waals surface area contributed by atoms with Crippen LogP contribution in [0.4, 0.5) is 0 Å². The van der Waals surface area contributed by atoms with Crippen molar-refractivity contribution in [2.45, 2.75) is 64.5 Å². The summed E-state index contributed by atoms with van der Waals surface area (Å²) < 4.78 is 6.42. The molecule has 0 spiro atoms. The summed E-state index contributed by atoms with van der Waals surface area (Å²) in [5.41, 5.74) is 2.66. The number of rotatable bonds is 4. The van der Waals surface area contributed by atoms with Gasteiger partial charge in [-0.05, 0) is 38.8 Å². The van der Waals surface area contributed by atoms with Crippen molar-refractivity contribution in [3.63, 3.8) is 0 Å². The lowest BCUT2D eigenvalue weighted by Gasteiger charge is -2.43. The van der Waals surface area contributed by atoms with Crippen LogP contribution in [0.15, 0.2) is 18.2 Å². The Morgan fingerprint density at radius 1 is 1.35 bits per heavy atom. The minimum Gasteiger partial charge on any atom is -0.487 e. The van der Waals surface area contributed by atoms with E-state index in [-0.39, 0.29) is 5.60 Å². The summed E-state index contributed by atoms with van der Waals surface area (Å²) in [5.74, 6) is 1.98. The number of hydrogen-bond donors (Lipinski definition) is 1. The highest BCUT2D eigenvalue weighted by molar-refractivity contribution is 5.41. The molecule has 0 amide bonds. The Bertz CT molecular complexity index is 480. The van der Waals surface area contributed by atoms with E-state index < -0.39 is 0 Å². The van der Waals surface area contributed by atoms with Crippen LogP contribution in [-0.4, -0.2) is 12.1 Å². The van der Waals surface area contributed by atoms with Crippen LogP contribution in [0.3, 0.4) is 0 Å². The maximum atomic E-state index is 6.42. The highest BCUT2D eigenvalue weighted by Crippen LogP contribution is 2.45. The van der Waals surface area contributed by atoms with Crippen LogP contribution < -0.4 is 10.1 Å². The molecule has 2 atom stereocenters. The maximum Gasteiger partial charge on any atom is 0.124 e. The first kappa shape index (κ1) is 13.9. The third-order valence-corrected chi connectivity index (χ3v) is 4.93.